The van der Waals surface area contributed by atoms with E-state index in [9.17, 15) is 9.18 Å². The summed E-state index contributed by atoms with van der Waals surface area (Å²) in [6.07, 6.45) is 3.04. The van der Waals surface area contributed by atoms with E-state index in [-0.39, 0.29) is 16.4 Å². The molecule has 0 radical (unpaired) electrons. The smallest absolute Gasteiger partial charge is 0.276 e. The van der Waals surface area contributed by atoms with E-state index in [1.54, 1.807) is 12.1 Å². The quantitative estimate of drug-likeness (QED) is 0.516. The normalized spacial score (nSPS) is 10.2. The van der Waals surface area contributed by atoms with Crippen molar-refractivity contribution in [2.24, 2.45) is 0 Å². The Morgan fingerprint density at radius 1 is 1.48 bits per heavy atom. The van der Waals surface area contributed by atoms with Gasteiger partial charge in [-0.1, -0.05) is 41.6 Å². The number of hydrogen-bond donors (Lipinski definition) is 1. The fourth-order valence-electron chi connectivity index (χ4n) is 1.46. The minimum absolute atomic E-state index is 0.00137. The number of carbonyl (C=O) groups excluding carboxylic acids is 1. The highest BCUT2D eigenvalue weighted by atomic mass is 35.5. The molecule has 21 heavy (non-hydrogen) atoms. The van der Waals surface area contributed by atoms with Crippen molar-refractivity contribution < 1.29 is 9.18 Å². The first-order valence-electron chi connectivity index (χ1n) is 5.94. The first kappa shape index (κ1) is 15.5. The lowest BCUT2D eigenvalue weighted by Gasteiger charge is -2.07. The van der Waals surface area contributed by atoms with Gasteiger partial charge >= 0.3 is 0 Å². The van der Waals surface area contributed by atoms with Gasteiger partial charge in [-0.25, -0.2) is 14.4 Å². The fraction of sp³-hybridized carbons (Fsp3) is 0.0714. The van der Waals surface area contributed by atoms with Crippen LogP contribution in [0.1, 0.15) is 10.5 Å². The molecule has 0 aliphatic heterocycles. The summed E-state index contributed by atoms with van der Waals surface area (Å²) in [5, 5.41) is 2.94. The molecule has 4 nitrogen and oxygen atoms in total. The molecule has 0 spiro atoms. The van der Waals surface area contributed by atoms with E-state index in [4.69, 9.17) is 11.6 Å². The molecule has 1 amide bonds. The number of halogens is 2. The second-order valence-corrected chi connectivity index (χ2v) is 5.28. The fourth-order valence-corrected chi connectivity index (χ4v) is 2.18. The van der Waals surface area contributed by atoms with Crippen molar-refractivity contribution in [2.75, 3.05) is 11.1 Å². The van der Waals surface area contributed by atoms with Gasteiger partial charge in [-0.3, -0.25) is 4.79 Å². The summed E-state index contributed by atoms with van der Waals surface area (Å²) in [6.45, 7) is 3.59. The number of hydrogen-bond acceptors (Lipinski definition) is 4. The third-order valence-corrected chi connectivity index (χ3v) is 3.52. The molecule has 1 N–H and O–H groups in total. The van der Waals surface area contributed by atoms with Crippen molar-refractivity contribution in [1.82, 2.24) is 9.97 Å². The van der Waals surface area contributed by atoms with Crippen LogP contribution in [0.25, 0.3) is 0 Å². The molecule has 7 heteroatoms. The zero-order valence-electron chi connectivity index (χ0n) is 10.8. The van der Waals surface area contributed by atoms with Crippen LogP contribution >= 0.6 is 23.4 Å². The van der Waals surface area contributed by atoms with E-state index in [0.717, 1.165) is 0 Å². The number of rotatable bonds is 5. The Morgan fingerprint density at radius 2 is 2.24 bits per heavy atom. The minimum atomic E-state index is -0.590. The Hall–Kier alpha value is -1.92. The van der Waals surface area contributed by atoms with Crippen LogP contribution in [0.2, 0.25) is 5.02 Å². The largest absolute Gasteiger partial charge is 0.318 e. The molecular formula is C14H11ClFN3OS. The number of aromatic nitrogens is 2. The van der Waals surface area contributed by atoms with Crippen molar-refractivity contribution >= 4 is 35.0 Å². The molecule has 1 aromatic heterocycles. The summed E-state index contributed by atoms with van der Waals surface area (Å²) < 4.78 is 13.5. The molecular weight excluding hydrogens is 313 g/mol. The lowest BCUT2D eigenvalue weighted by atomic mass is 10.3. The number of nitrogens with one attached hydrogen (secondary N) is 1. The predicted octanol–water partition coefficient (Wildman–Crippen LogP) is 3.80. The summed E-state index contributed by atoms with van der Waals surface area (Å²) in [4.78, 5) is 20.2. The number of benzene rings is 1. The summed E-state index contributed by atoms with van der Waals surface area (Å²) >= 11 is 7.24. The molecule has 108 valence electrons. The highest BCUT2D eigenvalue weighted by Gasteiger charge is 2.15. The third-order valence-electron chi connectivity index (χ3n) is 2.39. The molecule has 0 saturated carbocycles. The van der Waals surface area contributed by atoms with Gasteiger partial charge in [-0.2, -0.15) is 0 Å². The van der Waals surface area contributed by atoms with Crippen LogP contribution < -0.4 is 5.32 Å². The molecule has 0 fully saturated rings. The summed E-state index contributed by atoms with van der Waals surface area (Å²) in [6, 6.07) is 5.86. The number of para-hydroxylation sites is 1. The molecule has 0 atom stereocenters. The average Bonchev–Trinajstić information content (AvgIpc) is 2.48. The van der Waals surface area contributed by atoms with Crippen LogP contribution in [0.5, 0.6) is 0 Å². The Morgan fingerprint density at radius 3 is 2.95 bits per heavy atom. The summed E-state index contributed by atoms with van der Waals surface area (Å²) in [5.41, 5.74) is 0.0685. The van der Waals surface area contributed by atoms with Crippen molar-refractivity contribution in [3.8, 4) is 0 Å². The highest BCUT2D eigenvalue weighted by Crippen LogP contribution is 2.20. The molecule has 0 unspecified atom stereocenters. The maximum absolute atomic E-state index is 13.5. The van der Waals surface area contributed by atoms with Gasteiger partial charge in [0.05, 0.1) is 16.9 Å². The maximum Gasteiger partial charge on any atom is 0.276 e. The van der Waals surface area contributed by atoms with Crippen LogP contribution in [-0.2, 0) is 0 Å². The molecule has 2 aromatic rings. The Balaban J connectivity index is 2.22. The predicted molar refractivity (Wildman–Crippen MR) is 82.3 cm³/mol. The highest BCUT2D eigenvalue weighted by molar-refractivity contribution is 7.99. The van der Waals surface area contributed by atoms with Crippen LogP contribution in [0, 0.1) is 5.82 Å². The molecule has 0 aliphatic carbocycles. The minimum Gasteiger partial charge on any atom is -0.318 e. The second-order valence-electron chi connectivity index (χ2n) is 3.88. The standard InChI is InChI=1S/C14H11ClFN3OS/c1-2-7-21-14-17-8-9(15)12(19-14)13(20)18-11-6-4-3-5-10(11)16/h2-6,8H,1,7H2,(H,18,20). The van der Waals surface area contributed by atoms with Gasteiger partial charge in [0.2, 0.25) is 0 Å². The van der Waals surface area contributed by atoms with E-state index in [1.165, 1.54) is 36.2 Å². The molecule has 1 heterocycles. The molecule has 1 aromatic carbocycles. The van der Waals surface area contributed by atoms with Gasteiger partial charge in [0, 0.05) is 5.75 Å². The zero-order valence-corrected chi connectivity index (χ0v) is 12.4. The monoisotopic (exact) mass is 323 g/mol. The van der Waals surface area contributed by atoms with E-state index < -0.39 is 11.7 Å². The van der Waals surface area contributed by atoms with Crippen molar-refractivity contribution in [1.29, 1.82) is 0 Å². The van der Waals surface area contributed by atoms with E-state index in [1.807, 2.05) is 0 Å². The zero-order chi connectivity index (χ0) is 15.2. The van der Waals surface area contributed by atoms with E-state index in [0.29, 0.717) is 10.9 Å². The van der Waals surface area contributed by atoms with Gasteiger partial charge in [0.25, 0.3) is 5.91 Å². The maximum atomic E-state index is 13.5. The Labute approximate surface area is 130 Å². The lowest BCUT2D eigenvalue weighted by Crippen LogP contribution is -2.16. The topological polar surface area (TPSA) is 54.9 Å². The number of thioether (sulfide) groups is 1. The SMILES string of the molecule is C=CCSc1ncc(Cl)c(C(=O)Nc2ccccc2F)n1. The molecule has 0 aliphatic rings. The Kier molecular flexibility index (Phi) is 5.30. The van der Waals surface area contributed by atoms with Crippen molar-refractivity contribution in [3.05, 3.63) is 59.7 Å². The summed E-state index contributed by atoms with van der Waals surface area (Å²) in [7, 11) is 0. The van der Waals surface area contributed by atoms with Crippen molar-refractivity contribution in [3.63, 3.8) is 0 Å². The van der Waals surface area contributed by atoms with Crippen molar-refractivity contribution in [2.45, 2.75) is 5.16 Å². The Bertz CT molecular complexity index is 681. The van der Waals surface area contributed by atoms with Crippen LogP contribution in [0.4, 0.5) is 10.1 Å². The van der Waals surface area contributed by atoms with Crippen LogP contribution in [0.15, 0.2) is 48.3 Å². The number of carbonyl (C=O) groups is 1. The van der Waals surface area contributed by atoms with Gasteiger partial charge in [0.1, 0.15) is 5.82 Å². The average molecular weight is 324 g/mol. The summed E-state index contributed by atoms with van der Waals surface area (Å²) in [5.74, 6) is -0.513. The number of amides is 1. The van der Waals surface area contributed by atoms with E-state index in [2.05, 4.69) is 21.9 Å². The molecule has 0 bridgehead atoms. The molecule has 2 rings (SSSR count). The molecule has 0 saturated heterocycles. The first-order chi connectivity index (χ1) is 10.1. The van der Waals surface area contributed by atoms with Gasteiger partial charge in [-0.05, 0) is 12.1 Å². The van der Waals surface area contributed by atoms with Crippen LogP contribution in [-0.4, -0.2) is 21.6 Å². The first-order valence-corrected chi connectivity index (χ1v) is 7.30. The van der Waals surface area contributed by atoms with Gasteiger partial charge in [0.15, 0.2) is 10.9 Å². The second kappa shape index (κ2) is 7.19. The third kappa shape index (κ3) is 4.03. The van der Waals surface area contributed by atoms with Gasteiger partial charge < -0.3 is 5.32 Å². The van der Waals surface area contributed by atoms with Crippen LogP contribution in [0.3, 0.4) is 0 Å². The van der Waals surface area contributed by atoms with Gasteiger partial charge in [-0.15, -0.1) is 6.58 Å². The number of nitrogens with zero attached hydrogens (tertiary/aromatic N) is 2. The number of anilines is 1. The van der Waals surface area contributed by atoms with E-state index >= 15 is 0 Å². The lowest BCUT2D eigenvalue weighted by molar-refractivity contribution is 0.102.